The average molecular weight is 471 g/mol. The Morgan fingerprint density at radius 1 is 0.886 bits per heavy atom. The third kappa shape index (κ3) is 4.91. The number of aryl methyl sites for hydroxylation is 1. The molecular formula is C27H26N4O4. The van der Waals surface area contributed by atoms with Gasteiger partial charge in [0.05, 0.1) is 0 Å². The molecule has 0 aliphatic carbocycles. The molecule has 0 saturated carbocycles. The summed E-state index contributed by atoms with van der Waals surface area (Å²) in [6.07, 6.45) is 0.216. The number of nitrogens with zero attached hydrogens (tertiary/aromatic N) is 1. The SMILES string of the molecule is Cc1cccc(NC(=O)NC(=O)CN2C(=O)NC(Cc3ccccc3)(c3ccccc3)C2=O)c1C. The topological polar surface area (TPSA) is 108 Å². The fraction of sp³-hybridized carbons (Fsp3) is 0.185. The first-order chi connectivity index (χ1) is 16.8. The van der Waals surface area contributed by atoms with Gasteiger partial charge in [0.15, 0.2) is 5.54 Å². The highest BCUT2D eigenvalue weighted by Crippen LogP contribution is 2.33. The van der Waals surface area contributed by atoms with Crippen molar-refractivity contribution in [1.82, 2.24) is 15.5 Å². The van der Waals surface area contributed by atoms with E-state index in [0.717, 1.165) is 21.6 Å². The largest absolute Gasteiger partial charge is 0.325 e. The molecule has 8 heteroatoms. The van der Waals surface area contributed by atoms with Gasteiger partial charge in [0, 0.05) is 12.1 Å². The van der Waals surface area contributed by atoms with Gasteiger partial charge in [-0.25, -0.2) is 9.59 Å². The monoisotopic (exact) mass is 470 g/mol. The van der Waals surface area contributed by atoms with Crippen LogP contribution in [0.4, 0.5) is 15.3 Å². The number of carbonyl (C=O) groups is 4. The van der Waals surface area contributed by atoms with Gasteiger partial charge in [0.1, 0.15) is 6.54 Å². The van der Waals surface area contributed by atoms with E-state index < -0.39 is 36.0 Å². The highest BCUT2D eigenvalue weighted by molar-refractivity contribution is 6.11. The van der Waals surface area contributed by atoms with Gasteiger partial charge < -0.3 is 10.6 Å². The molecule has 3 aromatic carbocycles. The lowest BCUT2D eigenvalue weighted by atomic mass is 9.83. The molecule has 3 aromatic rings. The fourth-order valence-electron chi connectivity index (χ4n) is 4.16. The van der Waals surface area contributed by atoms with E-state index in [0.29, 0.717) is 11.3 Å². The zero-order chi connectivity index (χ0) is 25.0. The maximum absolute atomic E-state index is 13.6. The van der Waals surface area contributed by atoms with Crippen molar-refractivity contribution >= 4 is 29.6 Å². The van der Waals surface area contributed by atoms with E-state index in [1.54, 1.807) is 36.4 Å². The van der Waals surface area contributed by atoms with Gasteiger partial charge in [-0.05, 0) is 42.2 Å². The summed E-state index contributed by atoms with van der Waals surface area (Å²) < 4.78 is 0. The van der Waals surface area contributed by atoms with Crippen molar-refractivity contribution in [2.45, 2.75) is 25.8 Å². The predicted molar refractivity (Wildman–Crippen MR) is 132 cm³/mol. The van der Waals surface area contributed by atoms with Gasteiger partial charge in [0.25, 0.3) is 5.91 Å². The second kappa shape index (κ2) is 9.80. The second-order valence-electron chi connectivity index (χ2n) is 8.50. The first-order valence-corrected chi connectivity index (χ1v) is 11.2. The van der Waals surface area contributed by atoms with Gasteiger partial charge in [-0.3, -0.25) is 19.8 Å². The summed E-state index contributed by atoms with van der Waals surface area (Å²) in [5.74, 6) is -1.33. The molecule has 3 N–H and O–H groups in total. The number of rotatable bonds is 6. The van der Waals surface area contributed by atoms with Gasteiger partial charge in [-0.1, -0.05) is 72.8 Å². The molecule has 1 fully saturated rings. The van der Waals surface area contributed by atoms with Crippen LogP contribution in [0.25, 0.3) is 0 Å². The minimum Gasteiger partial charge on any atom is -0.319 e. The Bertz CT molecular complexity index is 1280. The Hall–Kier alpha value is -4.46. The van der Waals surface area contributed by atoms with Gasteiger partial charge >= 0.3 is 12.1 Å². The van der Waals surface area contributed by atoms with E-state index in [4.69, 9.17) is 0 Å². The summed E-state index contributed by atoms with van der Waals surface area (Å²) in [6.45, 7) is 3.18. The lowest BCUT2D eigenvalue weighted by Crippen LogP contribution is -2.47. The Kier molecular flexibility index (Phi) is 6.64. The molecule has 0 aromatic heterocycles. The predicted octanol–water partition coefficient (Wildman–Crippen LogP) is 3.64. The van der Waals surface area contributed by atoms with Gasteiger partial charge in [0.2, 0.25) is 5.91 Å². The van der Waals surface area contributed by atoms with Crippen molar-refractivity contribution in [3.05, 3.63) is 101 Å². The van der Waals surface area contributed by atoms with Crippen molar-refractivity contribution in [3.63, 3.8) is 0 Å². The van der Waals surface area contributed by atoms with Crippen LogP contribution in [0.2, 0.25) is 0 Å². The Labute approximate surface area is 203 Å². The minimum atomic E-state index is -1.36. The highest BCUT2D eigenvalue weighted by Gasteiger charge is 2.52. The number of anilines is 1. The summed E-state index contributed by atoms with van der Waals surface area (Å²) in [7, 11) is 0. The molecule has 0 radical (unpaired) electrons. The van der Waals surface area contributed by atoms with Crippen molar-refractivity contribution in [1.29, 1.82) is 0 Å². The van der Waals surface area contributed by atoms with Crippen LogP contribution in [-0.4, -0.2) is 35.3 Å². The molecule has 35 heavy (non-hydrogen) atoms. The Balaban J connectivity index is 1.51. The average Bonchev–Trinajstić information content (AvgIpc) is 3.08. The number of carbonyl (C=O) groups excluding carboxylic acids is 4. The zero-order valence-corrected chi connectivity index (χ0v) is 19.5. The Morgan fingerprint density at radius 2 is 1.54 bits per heavy atom. The summed E-state index contributed by atoms with van der Waals surface area (Å²) in [5.41, 5.74) is 2.53. The molecule has 0 bridgehead atoms. The molecule has 1 saturated heterocycles. The van der Waals surface area contributed by atoms with Crippen LogP contribution < -0.4 is 16.0 Å². The maximum Gasteiger partial charge on any atom is 0.325 e. The molecule has 1 unspecified atom stereocenters. The molecule has 4 rings (SSSR count). The van der Waals surface area contributed by atoms with Gasteiger partial charge in [-0.2, -0.15) is 0 Å². The lowest BCUT2D eigenvalue weighted by molar-refractivity contribution is -0.135. The quantitative estimate of drug-likeness (QED) is 0.478. The maximum atomic E-state index is 13.6. The molecule has 178 valence electrons. The third-order valence-corrected chi connectivity index (χ3v) is 6.16. The van der Waals surface area contributed by atoms with Crippen molar-refractivity contribution in [2.75, 3.05) is 11.9 Å². The van der Waals surface area contributed by atoms with Crippen molar-refractivity contribution in [3.8, 4) is 0 Å². The number of imide groups is 2. The van der Waals surface area contributed by atoms with E-state index in [1.165, 1.54) is 0 Å². The minimum absolute atomic E-state index is 0.216. The van der Waals surface area contributed by atoms with Crippen LogP contribution in [0.5, 0.6) is 0 Å². The van der Waals surface area contributed by atoms with Crippen LogP contribution in [0, 0.1) is 13.8 Å². The number of hydrogen-bond acceptors (Lipinski definition) is 4. The number of urea groups is 2. The molecule has 8 nitrogen and oxygen atoms in total. The van der Waals surface area contributed by atoms with E-state index in [9.17, 15) is 19.2 Å². The van der Waals surface area contributed by atoms with Crippen LogP contribution in [0.15, 0.2) is 78.9 Å². The van der Waals surface area contributed by atoms with Gasteiger partial charge in [-0.15, -0.1) is 0 Å². The highest BCUT2D eigenvalue weighted by atomic mass is 16.2. The number of hydrogen-bond donors (Lipinski definition) is 3. The number of benzene rings is 3. The van der Waals surface area contributed by atoms with Crippen molar-refractivity contribution in [2.24, 2.45) is 0 Å². The summed E-state index contributed by atoms with van der Waals surface area (Å²) >= 11 is 0. The van der Waals surface area contributed by atoms with E-state index in [1.807, 2.05) is 56.3 Å². The van der Waals surface area contributed by atoms with Crippen LogP contribution in [0.1, 0.15) is 22.3 Å². The number of nitrogens with one attached hydrogen (secondary N) is 3. The smallest absolute Gasteiger partial charge is 0.319 e. The Morgan fingerprint density at radius 3 is 2.23 bits per heavy atom. The first kappa shape index (κ1) is 23.7. The fourth-order valence-corrected chi connectivity index (χ4v) is 4.16. The van der Waals surface area contributed by atoms with Crippen molar-refractivity contribution < 1.29 is 19.2 Å². The molecule has 6 amide bonds. The van der Waals surface area contributed by atoms with E-state index in [2.05, 4.69) is 16.0 Å². The van der Waals surface area contributed by atoms with Crippen LogP contribution in [-0.2, 0) is 21.5 Å². The number of amides is 6. The van der Waals surface area contributed by atoms with Crippen LogP contribution in [0.3, 0.4) is 0 Å². The molecule has 1 aliphatic rings. The van der Waals surface area contributed by atoms with E-state index in [-0.39, 0.29) is 6.42 Å². The summed E-state index contributed by atoms with van der Waals surface area (Å²) in [6, 6.07) is 22.2. The molecule has 1 aliphatic heterocycles. The summed E-state index contributed by atoms with van der Waals surface area (Å²) in [5, 5.41) is 7.63. The lowest BCUT2D eigenvalue weighted by Gasteiger charge is -2.27. The molecule has 0 spiro atoms. The van der Waals surface area contributed by atoms with Crippen LogP contribution >= 0.6 is 0 Å². The first-order valence-electron chi connectivity index (χ1n) is 11.2. The molecular weight excluding hydrogens is 444 g/mol. The third-order valence-electron chi connectivity index (χ3n) is 6.16. The molecule has 1 heterocycles. The molecule has 1 atom stereocenters. The zero-order valence-electron chi connectivity index (χ0n) is 19.5. The van der Waals surface area contributed by atoms with E-state index >= 15 is 0 Å². The standard InChI is InChI=1S/C27H26N4O4/c1-18-10-9-15-22(19(18)2)28-25(34)29-23(32)17-31-24(33)27(30-26(31)35,21-13-7-4-8-14-21)16-20-11-5-3-6-12-20/h3-15H,16-17H2,1-2H3,(H,30,35)(H2,28,29,32,34). The normalized spacial score (nSPS) is 17.1. The summed E-state index contributed by atoms with van der Waals surface area (Å²) in [4.78, 5) is 52.3. The second-order valence-corrected chi connectivity index (χ2v) is 8.50.